The van der Waals surface area contributed by atoms with E-state index in [1.165, 1.54) is 6.07 Å². The first-order valence-electron chi connectivity index (χ1n) is 8.06. The molecule has 0 unspecified atom stereocenters. The summed E-state index contributed by atoms with van der Waals surface area (Å²) in [6.07, 6.45) is 3.44. The highest BCUT2D eigenvalue weighted by Crippen LogP contribution is 2.20. The minimum absolute atomic E-state index is 0.191. The zero-order chi connectivity index (χ0) is 17.8. The highest BCUT2D eigenvalue weighted by molar-refractivity contribution is 9.10. The minimum Gasteiger partial charge on any atom is -0.338 e. The molecule has 1 aromatic heterocycles. The summed E-state index contributed by atoms with van der Waals surface area (Å²) in [5.74, 6) is 0.0304. The van der Waals surface area contributed by atoms with E-state index in [1.807, 2.05) is 6.92 Å². The van der Waals surface area contributed by atoms with Crippen molar-refractivity contribution in [1.29, 1.82) is 0 Å². The minimum atomic E-state index is -0.457. The van der Waals surface area contributed by atoms with Crippen molar-refractivity contribution >= 4 is 33.5 Å². The van der Waals surface area contributed by atoms with Gasteiger partial charge in [0, 0.05) is 43.0 Å². The Bertz CT molecular complexity index is 737. The molecule has 132 valence electrons. The topological polar surface area (TPSA) is 61.4 Å². The van der Waals surface area contributed by atoms with Crippen molar-refractivity contribution in [1.82, 2.24) is 14.9 Å². The molecule has 1 N–H and O–H groups in total. The van der Waals surface area contributed by atoms with E-state index >= 15 is 0 Å². The van der Waals surface area contributed by atoms with Crippen LogP contribution in [0.25, 0.3) is 0 Å². The van der Waals surface area contributed by atoms with Crippen molar-refractivity contribution in [3.63, 3.8) is 0 Å². The molecule has 0 bridgehead atoms. The van der Waals surface area contributed by atoms with Gasteiger partial charge in [-0.3, -0.25) is 9.69 Å². The van der Waals surface area contributed by atoms with Gasteiger partial charge in [0.15, 0.2) is 0 Å². The van der Waals surface area contributed by atoms with Crippen molar-refractivity contribution in [2.75, 3.05) is 36.4 Å². The summed E-state index contributed by atoms with van der Waals surface area (Å²) in [5, 5.41) is 2.66. The second kappa shape index (κ2) is 7.88. The van der Waals surface area contributed by atoms with E-state index in [2.05, 4.69) is 41.0 Å². The molecule has 2 heterocycles. The molecule has 0 spiro atoms. The first-order chi connectivity index (χ1) is 12.0. The number of piperazine rings is 1. The van der Waals surface area contributed by atoms with E-state index in [0.717, 1.165) is 26.2 Å². The van der Waals surface area contributed by atoms with Gasteiger partial charge in [-0.15, -0.1) is 0 Å². The summed E-state index contributed by atoms with van der Waals surface area (Å²) in [7, 11) is 0. The molecule has 1 aromatic carbocycles. The van der Waals surface area contributed by atoms with Crippen molar-refractivity contribution in [3.8, 4) is 0 Å². The van der Waals surface area contributed by atoms with Crippen LogP contribution >= 0.6 is 15.9 Å². The van der Waals surface area contributed by atoms with Crippen molar-refractivity contribution in [3.05, 3.63) is 46.9 Å². The van der Waals surface area contributed by atoms with Crippen LogP contribution in [-0.4, -0.2) is 53.0 Å². The Labute approximate surface area is 154 Å². The molecule has 25 heavy (non-hydrogen) atoms. The number of halogens is 2. The van der Waals surface area contributed by atoms with Crippen molar-refractivity contribution in [2.24, 2.45) is 0 Å². The molecule has 8 heteroatoms. The van der Waals surface area contributed by atoms with E-state index in [4.69, 9.17) is 0 Å². The molecule has 1 atom stereocenters. The Kier molecular flexibility index (Phi) is 5.60. The quantitative estimate of drug-likeness (QED) is 0.843. The number of anilines is 2. The number of nitrogens with one attached hydrogen (secondary N) is 1. The predicted octanol–water partition coefficient (Wildman–Crippen LogP) is 2.53. The van der Waals surface area contributed by atoms with Gasteiger partial charge in [0.05, 0.1) is 11.7 Å². The average Bonchev–Trinajstić information content (AvgIpc) is 2.64. The van der Waals surface area contributed by atoms with Gasteiger partial charge in [-0.05, 0) is 31.2 Å². The van der Waals surface area contributed by atoms with Gasteiger partial charge in [0.2, 0.25) is 11.9 Å². The lowest BCUT2D eigenvalue weighted by Crippen LogP contribution is -2.53. The summed E-state index contributed by atoms with van der Waals surface area (Å²) in [6, 6.07) is 6.02. The molecule has 1 amide bonds. The highest BCUT2D eigenvalue weighted by Gasteiger charge is 2.26. The maximum atomic E-state index is 13.9. The number of carbonyl (C=O) groups excluding carboxylic acids is 1. The molecule has 1 saturated heterocycles. The fourth-order valence-electron chi connectivity index (χ4n) is 2.76. The normalized spacial score (nSPS) is 16.5. The van der Waals surface area contributed by atoms with Crippen LogP contribution in [0.2, 0.25) is 0 Å². The van der Waals surface area contributed by atoms with Gasteiger partial charge in [-0.25, -0.2) is 14.4 Å². The number of rotatable bonds is 4. The van der Waals surface area contributed by atoms with E-state index < -0.39 is 5.82 Å². The van der Waals surface area contributed by atoms with Crippen LogP contribution in [0.5, 0.6) is 0 Å². The smallest absolute Gasteiger partial charge is 0.241 e. The standard InChI is InChI=1S/C17H19BrFN5O/c1-12(16(25)22-15-4-3-13(18)11-14(15)19)23-7-9-24(10-8-23)17-20-5-2-6-21-17/h2-6,11-12H,7-10H2,1H3,(H,22,25)/t12-/m0/s1. The van der Waals surface area contributed by atoms with Crippen molar-refractivity contribution < 1.29 is 9.18 Å². The molecule has 1 fully saturated rings. The Morgan fingerprint density at radius 1 is 1.24 bits per heavy atom. The fraction of sp³-hybridized carbons (Fsp3) is 0.353. The zero-order valence-corrected chi connectivity index (χ0v) is 15.4. The van der Waals surface area contributed by atoms with Gasteiger partial charge in [0.25, 0.3) is 0 Å². The molecule has 0 aliphatic carbocycles. The van der Waals surface area contributed by atoms with Crippen LogP contribution in [0.3, 0.4) is 0 Å². The summed E-state index contributed by atoms with van der Waals surface area (Å²) in [6.45, 7) is 4.76. The fourth-order valence-corrected chi connectivity index (χ4v) is 3.09. The maximum Gasteiger partial charge on any atom is 0.241 e. The second-order valence-corrected chi connectivity index (χ2v) is 6.78. The van der Waals surface area contributed by atoms with Crippen LogP contribution in [0.15, 0.2) is 41.1 Å². The first-order valence-corrected chi connectivity index (χ1v) is 8.86. The monoisotopic (exact) mass is 407 g/mol. The second-order valence-electron chi connectivity index (χ2n) is 5.86. The first kappa shape index (κ1) is 17.8. The number of amides is 1. The van der Waals surface area contributed by atoms with Gasteiger partial charge in [0.1, 0.15) is 5.82 Å². The summed E-state index contributed by atoms with van der Waals surface area (Å²) < 4.78 is 14.5. The van der Waals surface area contributed by atoms with Gasteiger partial charge < -0.3 is 10.2 Å². The SMILES string of the molecule is C[C@@H](C(=O)Nc1ccc(Br)cc1F)N1CCN(c2ncccn2)CC1. The van der Waals surface area contributed by atoms with Crippen LogP contribution in [-0.2, 0) is 4.79 Å². The lowest BCUT2D eigenvalue weighted by atomic mass is 10.2. The largest absolute Gasteiger partial charge is 0.338 e. The highest BCUT2D eigenvalue weighted by atomic mass is 79.9. The molecule has 1 aliphatic heterocycles. The van der Waals surface area contributed by atoms with Crippen LogP contribution < -0.4 is 10.2 Å². The third-order valence-corrected chi connectivity index (χ3v) is 4.76. The number of hydrogen-bond donors (Lipinski definition) is 1. The molecule has 3 rings (SSSR count). The lowest BCUT2D eigenvalue weighted by Gasteiger charge is -2.37. The summed E-state index contributed by atoms with van der Waals surface area (Å²) in [4.78, 5) is 25.1. The van der Waals surface area contributed by atoms with Crippen LogP contribution in [0.4, 0.5) is 16.0 Å². The van der Waals surface area contributed by atoms with Crippen molar-refractivity contribution in [2.45, 2.75) is 13.0 Å². The van der Waals surface area contributed by atoms with Crippen LogP contribution in [0.1, 0.15) is 6.92 Å². The van der Waals surface area contributed by atoms with E-state index in [0.29, 0.717) is 10.4 Å². The van der Waals surface area contributed by atoms with Crippen LogP contribution in [0, 0.1) is 5.82 Å². The number of benzene rings is 1. The zero-order valence-electron chi connectivity index (χ0n) is 13.8. The number of carbonyl (C=O) groups is 1. The van der Waals surface area contributed by atoms with Gasteiger partial charge >= 0.3 is 0 Å². The third kappa shape index (κ3) is 4.32. The molecular weight excluding hydrogens is 389 g/mol. The summed E-state index contributed by atoms with van der Waals surface area (Å²) >= 11 is 3.20. The maximum absolute atomic E-state index is 13.9. The molecule has 1 aliphatic rings. The number of nitrogens with zero attached hydrogens (tertiary/aromatic N) is 4. The van der Waals surface area contributed by atoms with Gasteiger partial charge in [-0.1, -0.05) is 15.9 Å². The Hall–Kier alpha value is -2.06. The molecular formula is C17H19BrFN5O. The molecule has 6 nitrogen and oxygen atoms in total. The Morgan fingerprint density at radius 3 is 2.56 bits per heavy atom. The van der Waals surface area contributed by atoms with E-state index in [1.54, 1.807) is 30.6 Å². The molecule has 2 aromatic rings. The number of hydrogen-bond acceptors (Lipinski definition) is 5. The number of aromatic nitrogens is 2. The Balaban J connectivity index is 1.56. The third-order valence-electron chi connectivity index (χ3n) is 4.27. The molecule has 0 saturated carbocycles. The average molecular weight is 408 g/mol. The van der Waals surface area contributed by atoms with E-state index in [-0.39, 0.29) is 17.6 Å². The Morgan fingerprint density at radius 2 is 1.92 bits per heavy atom. The van der Waals surface area contributed by atoms with E-state index in [9.17, 15) is 9.18 Å². The summed E-state index contributed by atoms with van der Waals surface area (Å²) in [5.41, 5.74) is 0.191. The van der Waals surface area contributed by atoms with Gasteiger partial charge in [-0.2, -0.15) is 0 Å². The predicted molar refractivity (Wildman–Crippen MR) is 98.0 cm³/mol. The lowest BCUT2D eigenvalue weighted by molar-refractivity contribution is -0.120. The molecule has 0 radical (unpaired) electrons.